The Hall–Kier alpha value is -2.65. The van der Waals surface area contributed by atoms with Gasteiger partial charge in [0.2, 0.25) is 5.88 Å². The summed E-state index contributed by atoms with van der Waals surface area (Å²) in [5, 5.41) is 10.1. The number of nitriles is 1. The van der Waals surface area contributed by atoms with E-state index in [1.165, 1.54) is 16.9 Å². The molecule has 2 heterocycles. The Balaban J connectivity index is 1.78. The lowest BCUT2D eigenvalue weighted by atomic mass is 9.89. The maximum absolute atomic E-state index is 9.11. The van der Waals surface area contributed by atoms with Crippen LogP contribution in [0.1, 0.15) is 36.3 Å². The van der Waals surface area contributed by atoms with Crippen LogP contribution in [0.5, 0.6) is 17.4 Å². The van der Waals surface area contributed by atoms with Gasteiger partial charge in [0.15, 0.2) is 11.5 Å². The van der Waals surface area contributed by atoms with Gasteiger partial charge in [-0.25, -0.2) is 9.97 Å². The van der Waals surface area contributed by atoms with Gasteiger partial charge in [-0.3, -0.25) is 0 Å². The topological polar surface area (TPSA) is 68.0 Å². The molecule has 4 rings (SSSR count). The molecular formula is C20H19N3O2S. The zero-order valence-corrected chi connectivity index (χ0v) is 15.6. The molecule has 26 heavy (non-hydrogen) atoms. The standard InChI is InChI=1S/C20H19N3O2S/c1-3-24-16-9-13(10-21)5-7-15(16)25-19-18-14-6-4-12(2)8-17(14)26-20(18)23-11-22-19/h5,7,9,11-12H,3-4,6,8H2,1-2H3/t12-/m1/s1. The second-order valence-electron chi connectivity index (χ2n) is 6.52. The Bertz CT molecular complexity index is 1010. The van der Waals surface area contributed by atoms with Crippen molar-refractivity contribution in [3.63, 3.8) is 0 Å². The Morgan fingerprint density at radius 1 is 1.31 bits per heavy atom. The highest BCUT2D eigenvalue weighted by atomic mass is 32.1. The SMILES string of the molecule is CCOc1cc(C#N)ccc1Oc1ncnc2sc3c(c12)CC[C@@H](C)C3. The van der Waals surface area contributed by atoms with E-state index in [1.807, 2.05) is 6.92 Å². The van der Waals surface area contributed by atoms with Gasteiger partial charge in [-0.1, -0.05) is 6.92 Å². The number of hydrogen-bond donors (Lipinski definition) is 0. The molecule has 1 aromatic carbocycles. The molecule has 0 unspecified atom stereocenters. The third kappa shape index (κ3) is 2.99. The molecule has 6 heteroatoms. The van der Waals surface area contributed by atoms with Crippen LogP contribution in [0.25, 0.3) is 10.2 Å². The van der Waals surface area contributed by atoms with Crippen LogP contribution in [0.3, 0.4) is 0 Å². The van der Waals surface area contributed by atoms with Crippen LogP contribution >= 0.6 is 11.3 Å². The first-order chi connectivity index (χ1) is 12.7. The molecule has 1 aliphatic carbocycles. The molecule has 0 spiro atoms. The lowest BCUT2D eigenvalue weighted by Crippen LogP contribution is -2.08. The molecule has 5 nitrogen and oxygen atoms in total. The number of nitrogens with zero attached hydrogens (tertiary/aromatic N) is 3. The summed E-state index contributed by atoms with van der Waals surface area (Å²) in [6.07, 6.45) is 4.85. The molecule has 0 amide bonds. The van der Waals surface area contributed by atoms with Crippen LogP contribution in [0.2, 0.25) is 0 Å². The summed E-state index contributed by atoms with van der Waals surface area (Å²) >= 11 is 1.74. The maximum atomic E-state index is 9.11. The molecule has 132 valence electrons. The molecule has 0 saturated carbocycles. The molecule has 0 N–H and O–H groups in total. The molecule has 2 aromatic heterocycles. The Kier molecular flexibility index (Phi) is 4.48. The lowest BCUT2D eigenvalue weighted by Gasteiger charge is -2.18. The third-order valence-electron chi connectivity index (χ3n) is 4.64. The highest BCUT2D eigenvalue weighted by molar-refractivity contribution is 7.18. The number of rotatable bonds is 4. The normalized spacial score (nSPS) is 16.1. The molecular weight excluding hydrogens is 346 g/mol. The van der Waals surface area contributed by atoms with Crippen molar-refractivity contribution in [3.05, 3.63) is 40.5 Å². The number of hydrogen-bond acceptors (Lipinski definition) is 6. The van der Waals surface area contributed by atoms with Crippen LogP contribution < -0.4 is 9.47 Å². The quantitative estimate of drug-likeness (QED) is 0.659. The number of aryl methyl sites for hydroxylation is 1. The van der Waals surface area contributed by atoms with E-state index in [1.54, 1.807) is 35.9 Å². The first kappa shape index (κ1) is 16.8. The van der Waals surface area contributed by atoms with Crippen molar-refractivity contribution in [2.45, 2.75) is 33.1 Å². The smallest absolute Gasteiger partial charge is 0.231 e. The number of thiophene rings is 1. The number of fused-ring (bicyclic) bond motifs is 3. The van der Waals surface area contributed by atoms with E-state index in [0.717, 1.165) is 23.1 Å². The fraction of sp³-hybridized carbons (Fsp3) is 0.350. The molecule has 0 saturated heterocycles. The summed E-state index contributed by atoms with van der Waals surface area (Å²) in [6, 6.07) is 7.31. The summed E-state index contributed by atoms with van der Waals surface area (Å²) in [5.41, 5.74) is 1.86. The summed E-state index contributed by atoms with van der Waals surface area (Å²) in [7, 11) is 0. The monoisotopic (exact) mass is 365 g/mol. The van der Waals surface area contributed by atoms with Gasteiger partial charge >= 0.3 is 0 Å². The molecule has 1 atom stereocenters. The van der Waals surface area contributed by atoms with Crippen molar-refractivity contribution in [3.8, 4) is 23.4 Å². The molecule has 3 aromatic rings. The second kappa shape index (κ2) is 6.93. The van der Waals surface area contributed by atoms with Gasteiger partial charge in [-0.05, 0) is 49.8 Å². The summed E-state index contributed by atoms with van der Waals surface area (Å²) in [6.45, 7) is 4.69. The lowest BCUT2D eigenvalue weighted by molar-refractivity contribution is 0.320. The van der Waals surface area contributed by atoms with E-state index in [0.29, 0.717) is 35.5 Å². The largest absolute Gasteiger partial charge is 0.490 e. The number of ether oxygens (including phenoxy) is 2. The van der Waals surface area contributed by atoms with Crippen LogP contribution in [-0.4, -0.2) is 16.6 Å². The van der Waals surface area contributed by atoms with Crippen LogP contribution in [0.4, 0.5) is 0 Å². The maximum Gasteiger partial charge on any atom is 0.231 e. The highest BCUT2D eigenvalue weighted by Gasteiger charge is 2.24. The summed E-state index contributed by atoms with van der Waals surface area (Å²) in [4.78, 5) is 11.2. The minimum absolute atomic E-state index is 0.496. The molecule has 1 aliphatic rings. The predicted molar refractivity (Wildman–Crippen MR) is 101 cm³/mol. The van der Waals surface area contributed by atoms with Crippen molar-refractivity contribution in [1.29, 1.82) is 5.26 Å². The van der Waals surface area contributed by atoms with Gasteiger partial charge in [-0.2, -0.15) is 5.26 Å². The predicted octanol–water partition coefficient (Wildman–Crippen LogP) is 4.88. The van der Waals surface area contributed by atoms with Crippen LogP contribution in [0, 0.1) is 17.2 Å². The van der Waals surface area contributed by atoms with Gasteiger partial charge in [0.05, 0.1) is 23.6 Å². The van der Waals surface area contributed by atoms with Crippen molar-refractivity contribution in [2.24, 2.45) is 5.92 Å². The summed E-state index contributed by atoms with van der Waals surface area (Å²) < 4.78 is 11.8. The van der Waals surface area contributed by atoms with Gasteiger partial charge in [0.1, 0.15) is 11.2 Å². The van der Waals surface area contributed by atoms with E-state index in [4.69, 9.17) is 14.7 Å². The average molecular weight is 365 g/mol. The fourth-order valence-corrected chi connectivity index (χ4v) is 4.70. The molecule has 0 aliphatic heterocycles. The number of benzene rings is 1. The molecule has 0 radical (unpaired) electrons. The van der Waals surface area contributed by atoms with Crippen molar-refractivity contribution < 1.29 is 9.47 Å². The first-order valence-corrected chi connectivity index (χ1v) is 9.61. The second-order valence-corrected chi connectivity index (χ2v) is 7.60. The van der Waals surface area contributed by atoms with Crippen molar-refractivity contribution in [2.75, 3.05) is 6.61 Å². The minimum atomic E-state index is 0.496. The third-order valence-corrected chi connectivity index (χ3v) is 5.80. The number of aromatic nitrogens is 2. The fourth-order valence-electron chi connectivity index (χ4n) is 3.36. The Morgan fingerprint density at radius 2 is 2.19 bits per heavy atom. The van der Waals surface area contributed by atoms with Crippen molar-refractivity contribution in [1.82, 2.24) is 9.97 Å². The zero-order valence-electron chi connectivity index (χ0n) is 14.8. The van der Waals surface area contributed by atoms with Crippen LogP contribution in [0.15, 0.2) is 24.5 Å². The van der Waals surface area contributed by atoms with Gasteiger partial charge in [0, 0.05) is 10.9 Å². The zero-order chi connectivity index (χ0) is 18.1. The summed E-state index contributed by atoms with van der Waals surface area (Å²) in [5.74, 6) is 2.38. The van der Waals surface area contributed by atoms with Gasteiger partial charge < -0.3 is 9.47 Å². The highest BCUT2D eigenvalue weighted by Crippen LogP contribution is 2.42. The average Bonchev–Trinajstić information content (AvgIpc) is 3.01. The molecule has 0 fully saturated rings. The van der Waals surface area contributed by atoms with E-state index in [-0.39, 0.29) is 0 Å². The minimum Gasteiger partial charge on any atom is -0.490 e. The van der Waals surface area contributed by atoms with E-state index in [9.17, 15) is 0 Å². The van der Waals surface area contributed by atoms with E-state index >= 15 is 0 Å². The van der Waals surface area contributed by atoms with Crippen molar-refractivity contribution >= 4 is 21.6 Å². The van der Waals surface area contributed by atoms with Gasteiger partial charge in [-0.15, -0.1) is 11.3 Å². The Labute approximate surface area is 156 Å². The van der Waals surface area contributed by atoms with Crippen LogP contribution in [-0.2, 0) is 12.8 Å². The van der Waals surface area contributed by atoms with E-state index in [2.05, 4.69) is 23.0 Å². The first-order valence-electron chi connectivity index (χ1n) is 8.79. The Morgan fingerprint density at radius 3 is 3.00 bits per heavy atom. The van der Waals surface area contributed by atoms with Gasteiger partial charge in [0.25, 0.3) is 0 Å². The van der Waals surface area contributed by atoms with E-state index < -0.39 is 0 Å². The molecule has 0 bridgehead atoms.